The minimum Gasteiger partial charge on any atom is -0.382 e. The predicted octanol–water partition coefficient (Wildman–Crippen LogP) is 1.40. The van der Waals surface area contributed by atoms with Crippen LogP contribution in [0.15, 0.2) is 30.3 Å². The van der Waals surface area contributed by atoms with Crippen LogP contribution in [0.2, 0.25) is 0 Å². The Kier molecular flexibility index (Phi) is 7.06. The van der Waals surface area contributed by atoms with Crippen molar-refractivity contribution in [2.45, 2.75) is 19.4 Å². The zero-order valence-electron chi connectivity index (χ0n) is 11.0. The molecular weight excluding hydrogens is 230 g/mol. The molecular formula is C14H21NO3. The molecule has 0 bridgehead atoms. The Labute approximate surface area is 108 Å². The first-order valence-electron chi connectivity index (χ1n) is 6.12. The Balaban J connectivity index is 2.19. The van der Waals surface area contributed by atoms with Gasteiger partial charge in [-0.1, -0.05) is 30.3 Å². The largest absolute Gasteiger partial charge is 0.382 e. The van der Waals surface area contributed by atoms with Gasteiger partial charge in [-0.15, -0.1) is 0 Å². The van der Waals surface area contributed by atoms with Crippen molar-refractivity contribution < 1.29 is 14.3 Å². The summed E-state index contributed by atoms with van der Waals surface area (Å²) < 4.78 is 9.98. The molecule has 0 saturated heterocycles. The molecule has 18 heavy (non-hydrogen) atoms. The van der Waals surface area contributed by atoms with E-state index in [1.54, 1.807) is 7.11 Å². The van der Waals surface area contributed by atoms with Crippen molar-refractivity contribution in [3.63, 3.8) is 0 Å². The predicted molar refractivity (Wildman–Crippen MR) is 70.4 cm³/mol. The maximum Gasteiger partial charge on any atom is 0.246 e. The van der Waals surface area contributed by atoms with E-state index < -0.39 is 0 Å². The summed E-state index contributed by atoms with van der Waals surface area (Å²) in [6, 6.07) is 10.2. The second-order valence-electron chi connectivity index (χ2n) is 4.20. The zero-order valence-corrected chi connectivity index (χ0v) is 11.0. The van der Waals surface area contributed by atoms with E-state index in [0.717, 1.165) is 6.42 Å². The molecule has 1 aromatic rings. The Morgan fingerprint density at radius 1 is 1.28 bits per heavy atom. The van der Waals surface area contributed by atoms with Crippen molar-refractivity contribution in [1.82, 2.24) is 5.32 Å². The number of hydrogen-bond acceptors (Lipinski definition) is 3. The number of nitrogens with one attached hydrogen (secondary N) is 1. The third kappa shape index (κ3) is 6.37. The van der Waals surface area contributed by atoms with Gasteiger partial charge in [-0.05, 0) is 18.9 Å². The molecule has 0 radical (unpaired) electrons. The first-order valence-corrected chi connectivity index (χ1v) is 6.12. The average Bonchev–Trinajstić information content (AvgIpc) is 2.35. The lowest BCUT2D eigenvalue weighted by molar-refractivity contribution is -0.126. The van der Waals surface area contributed by atoms with Gasteiger partial charge in [0.2, 0.25) is 5.91 Å². The monoisotopic (exact) mass is 251 g/mol. The van der Waals surface area contributed by atoms with Crippen LogP contribution >= 0.6 is 0 Å². The molecule has 1 rings (SSSR count). The fourth-order valence-corrected chi connectivity index (χ4v) is 1.64. The molecule has 4 nitrogen and oxygen atoms in total. The van der Waals surface area contributed by atoms with Gasteiger partial charge in [0, 0.05) is 13.2 Å². The van der Waals surface area contributed by atoms with Crippen LogP contribution in [0.5, 0.6) is 0 Å². The molecule has 1 N–H and O–H groups in total. The van der Waals surface area contributed by atoms with Crippen LogP contribution in [0.25, 0.3) is 0 Å². The maximum atomic E-state index is 11.5. The van der Waals surface area contributed by atoms with Crippen molar-refractivity contribution in [2.75, 3.05) is 26.9 Å². The van der Waals surface area contributed by atoms with E-state index in [1.807, 2.05) is 25.1 Å². The van der Waals surface area contributed by atoms with Gasteiger partial charge >= 0.3 is 0 Å². The first-order chi connectivity index (χ1) is 8.72. The topological polar surface area (TPSA) is 47.6 Å². The minimum absolute atomic E-state index is 0.0858. The highest BCUT2D eigenvalue weighted by molar-refractivity contribution is 5.77. The van der Waals surface area contributed by atoms with E-state index in [4.69, 9.17) is 9.47 Å². The molecule has 0 aliphatic heterocycles. The second kappa shape index (κ2) is 8.66. The number of carbonyl (C=O) groups is 1. The molecule has 0 heterocycles. The lowest BCUT2D eigenvalue weighted by Crippen LogP contribution is -2.36. The van der Waals surface area contributed by atoms with Crippen LogP contribution in [0.1, 0.15) is 12.5 Å². The third-order valence-electron chi connectivity index (χ3n) is 2.46. The fraction of sp³-hybridized carbons (Fsp3) is 0.500. The van der Waals surface area contributed by atoms with Gasteiger partial charge in [-0.25, -0.2) is 0 Å². The molecule has 0 saturated carbocycles. The minimum atomic E-state index is -0.0884. The number of amides is 1. The quantitative estimate of drug-likeness (QED) is 0.710. The highest BCUT2D eigenvalue weighted by Gasteiger charge is 2.07. The summed E-state index contributed by atoms with van der Waals surface area (Å²) >= 11 is 0. The van der Waals surface area contributed by atoms with E-state index in [0.29, 0.717) is 13.2 Å². The molecule has 100 valence electrons. The number of methoxy groups -OCH3 is 1. The Bertz CT molecular complexity index is 340. The molecule has 1 unspecified atom stereocenters. The SMILES string of the molecule is COCCOCC(=O)NC(C)Cc1ccccc1. The van der Waals surface area contributed by atoms with E-state index in [2.05, 4.69) is 17.4 Å². The van der Waals surface area contributed by atoms with E-state index in [-0.39, 0.29) is 18.6 Å². The summed E-state index contributed by atoms with van der Waals surface area (Å²) in [7, 11) is 1.60. The Morgan fingerprint density at radius 2 is 2.00 bits per heavy atom. The summed E-state index contributed by atoms with van der Waals surface area (Å²) in [6.45, 7) is 3.02. The van der Waals surface area contributed by atoms with Crippen LogP contribution in [0.3, 0.4) is 0 Å². The van der Waals surface area contributed by atoms with Crippen molar-refractivity contribution in [3.8, 4) is 0 Å². The van der Waals surface area contributed by atoms with Crippen LogP contribution in [0.4, 0.5) is 0 Å². The molecule has 0 aliphatic carbocycles. The lowest BCUT2D eigenvalue weighted by atomic mass is 10.1. The average molecular weight is 251 g/mol. The van der Waals surface area contributed by atoms with Gasteiger partial charge in [0.25, 0.3) is 0 Å². The molecule has 0 aromatic heterocycles. The highest BCUT2D eigenvalue weighted by Crippen LogP contribution is 2.02. The lowest BCUT2D eigenvalue weighted by Gasteiger charge is -2.14. The van der Waals surface area contributed by atoms with Crippen LogP contribution < -0.4 is 5.32 Å². The van der Waals surface area contributed by atoms with Gasteiger partial charge in [0.1, 0.15) is 6.61 Å². The molecule has 1 amide bonds. The Hall–Kier alpha value is -1.39. The first kappa shape index (κ1) is 14.7. The van der Waals surface area contributed by atoms with Gasteiger partial charge in [0.15, 0.2) is 0 Å². The van der Waals surface area contributed by atoms with Crippen LogP contribution in [-0.4, -0.2) is 38.9 Å². The summed E-state index contributed by atoms with van der Waals surface area (Å²) in [5, 5.41) is 2.90. The summed E-state index contributed by atoms with van der Waals surface area (Å²) in [4.78, 5) is 11.5. The van der Waals surface area contributed by atoms with Gasteiger partial charge in [-0.2, -0.15) is 0 Å². The molecule has 0 fully saturated rings. The molecule has 1 aromatic carbocycles. The standard InChI is InChI=1S/C14H21NO3/c1-12(10-13-6-4-3-5-7-13)15-14(16)11-18-9-8-17-2/h3-7,12H,8-11H2,1-2H3,(H,15,16). The van der Waals surface area contributed by atoms with E-state index in [9.17, 15) is 4.79 Å². The van der Waals surface area contributed by atoms with Gasteiger partial charge < -0.3 is 14.8 Å². The number of ether oxygens (including phenoxy) is 2. The maximum absolute atomic E-state index is 11.5. The van der Waals surface area contributed by atoms with Crippen molar-refractivity contribution in [1.29, 1.82) is 0 Å². The summed E-state index contributed by atoms with van der Waals surface area (Å²) in [5.74, 6) is -0.0884. The van der Waals surface area contributed by atoms with E-state index >= 15 is 0 Å². The molecule has 4 heteroatoms. The Morgan fingerprint density at radius 3 is 2.67 bits per heavy atom. The van der Waals surface area contributed by atoms with Crippen molar-refractivity contribution in [3.05, 3.63) is 35.9 Å². The highest BCUT2D eigenvalue weighted by atomic mass is 16.5. The summed E-state index contributed by atoms with van der Waals surface area (Å²) in [6.07, 6.45) is 0.824. The van der Waals surface area contributed by atoms with Gasteiger partial charge in [0.05, 0.1) is 13.2 Å². The number of carbonyl (C=O) groups excluding carboxylic acids is 1. The third-order valence-corrected chi connectivity index (χ3v) is 2.46. The smallest absolute Gasteiger partial charge is 0.246 e. The number of benzene rings is 1. The summed E-state index contributed by atoms with van der Waals surface area (Å²) in [5.41, 5.74) is 1.21. The van der Waals surface area contributed by atoms with Gasteiger partial charge in [-0.3, -0.25) is 4.79 Å². The molecule has 0 aliphatic rings. The zero-order chi connectivity index (χ0) is 13.2. The molecule has 0 spiro atoms. The van der Waals surface area contributed by atoms with E-state index in [1.165, 1.54) is 5.56 Å². The molecule has 1 atom stereocenters. The normalized spacial score (nSPS) is 12.1. The number of rotatable bonds is 8. The van der Waals surface area contributed by atoms with Crippen LogP contribution in [0, 0.1) is 0 Å². The fourth-order valence-electron chi connectivity index (χ4n) is 1.64. The van der Waals surface area contributed by atoms with Crippen LogP contribution in [-0.2, 0) is 20.7 Å². The number of hydrogen-bond donors (Lipinski definition) is 1. The second-order valence-corrected chi connectivity index (χ2v) is 4.20. The van der Waals surface area contributed by atoms with Crippen molar-refractivity contribution in [2.24, 2.45) is 0 Å². The van der Waals surface area contributed by atoms with Crippen molar-refractivity contribution >= 4 is 5.91 Å².